The summed E-state index contributed by atoms with van der Waals surface area (Å²) >= 11 is 5.80. The SMILES string of the molecule is COc1cccc(/C=C/C(=O)OCC(=O)NCc2ccc(Cl)cc2)c1OC. The fourth-order valence-electron chi connectivity index (χ4n) is 2.24. The number of carbonyl (C=O) groups excluding carboxylic acids is 2. The molecule has 0 fully saturated rings. The van der Waals surface area contributed by atoms with E-state index in [-0.39, 0.29) is 6.61 Å². The zero-order valence-electron chi connectivity index (χ0n) is 15.0. The maximum absolute atomic E-state index is 11.8. The molecule has 2 aromatic rings. The van der Waals surface area contributed by atoms with Crippen molar-refractivity contribution in [3.8, 4) is 11.5 Å². The quantitative estimate of drug-likeness (QED) is 0.554. The summed E-state index contributed by atoms with van der Waals surface area (Å²) in [5.74, 6) is 0.0199. The van der Waals surface area contributed by atoms with E-state index in [9.17, 15) is 9.59 Å². The average Bonchev–Trinajstić information content (AvgIpc) is 2.69. The second-order valence-electron chi connectivity index (χ2n) is 5.43. The third-order valence-corrected chi connectivity index (χ3v) is 3.83. The maximum atomic E-state index is 11.8. The van der Waals surface area contributed by atoms with E-state index in [1.165, 1.54) is 26.4 Å². The van der Waals surface area contributed by atoms with E-state index in [2.05, 4.69) is 5.32 Å². The van der Waals surface area contributed by atoms with Crippen LogP contribution < -0.4 is 14.8 Å². The van der Waals surface area contributed by atoms with E-state index in [1.54, 1.807) is 42.5 Å². The normalized spacial score (nSPS) is 10.5. The van der Waals surface area contributed by atoms with Gasteiger partial charge >= 0.3 is 5.97 Å². The Balaban J connectivity index is 1.82. The van der Waals surface area contributed by atoms with E-state index in [0.29, 0.717) is 28.6 Å². The van der Waals surface area contributed by atoms with Gasteiger partial charge in [-0.15, -0.1) is 0 Å². The molecule has 1 N–H and O–H groups in total. The van der Waals surface area contributed by atoms with Crippen LogP contribution in [0.1, 0.15) is 11.1 Å². The number of benzene rings is 2. The minimum atomic E-state index is -0.637. The van der Waals surface area contributed by atoms with Crippen LogP contribution in [0.25, 0.3) is 6.08 Å². The van der Waals surface area contributed by atoms with E-state index >= 15 is 0 Å². The topological polar surface area (TPSA) is 73.9 Å². The first-order valence-electron chi connectivity index (χ1n) is 8.10. The van der Waals surface area contributed by atoms with Crippen LogP contribution >= 0.6 is 11.6 Å². The van der Waals surface area contributed by atoms with Crippen molar-refractivity contribution in [2.75, 3.05) is 20.8 Å². The number of carbonyl (C=O) groups is 2. The molecule has 7 heteroatoms. The van der Waals surface area contributed by atoms with Crippen LogP contribution in [0, 0.1) is 0 Å². The van der Waals surface area contributed by atoms with Gasteiger partial charge in [0.15, 0.2) is 18.1 Å². The van der Waals surface area contributed by atoms with Crippen molar-refractivity contribution in [1.29, 1.82) is 0 Å². The highest BCUT2D eigenvalue weighted by molar-refractivity contribution is 6.30. The van der Waals surface area contributed by atoms with Crippen LogP contribution in [0.15, 0.2) is 48.5 Å². The molecule has 0 radical (unpaired) electrons. The number of hydrogen-bond donors (Lipinski definition) is 1. The van der Waals surface area contributed by atoms with Gasteiger partial charge in [0, 0.05) is 23.2 Å². The van der Waals surface area contributed by atoms with Crippen LogP contribution in [0.3, 0.4) is 0 Å². The van der Waals surface area contributed by atoms with Gasteiger partial charge in [-0.2, -0.15) is 0 Å². The van der Waals surface area contributed by atoms with Crippen molar-refractivity contribution in [1.82, 2.24) is 5.32 Å². The number of halogens is 1. The molecule has 1 amide bonds. The van der Waals surface area contributed by atoms with E-state index in [4.69, 9.17) is 25.8 Å². The molecule has 6 nitrogen and oxygen atoms in total. The number of nitrogens with one attached hydrogen (secondary N) is 1. The molecule has 142 valence electrons. The molecular formula is C20H20ClNO5. The first-order chi connectivity index (χ1) is 13.0. The van der Waals surface area contributed by atoms with Crippen LogP contribution in [0.4, 0.5) is 0 Å². The number of ether oxygens (including phenoxy) is 3. The Morgan fingerprint density at radius 2 is 1.81 bits per heavy atom. The predicted molar refractivity (Wildman–Crippen MR) is 103 cm³/mol. The monoisotopic (exact) mass is 389 g/mol. The summed E-state index contributed by atoms with van der Waals surface area (Å²) in [6.45, 7) is -0.0452. The molecule has 0 heterocycles. The van der Waals surface area contributed by atoms with Crippen molar-refractivity contribution in [2.24, 2.45) is 0 Å². The highest BCUT2D eigenvalue weighted by atomic mass is 35.5. The van der Waals surface area contributed by atoms with E-state index in [0.717, 1.165) is 5.56 Å². The smallest absolute Gasteiger partial charge is 0.331 e. The summed E-state index contributed by atoms with van der Waals surface area (Å²) < 4.78 is 15.4. The van der Waals surface area contributed by atoms with Gasteiger partial charge in [-0.25, -0.2) is 4.79 Å². The molecule has 2 aromatic carbocycles. The molecule has 0 aliphatic heterocycles. The average molecular weight is 390 g/mol. The molecule has 0 bridgehead atoms. The molecule has 0 aromatic heterocycles. The molecule has 0 spiro atoms. The predicted octanol–water partition coefficient (Wildman–Crippen LogP) is 3.23. The number of esters is 1. The summed E-state index contributed by atoms with van der Waals surface area (Å²) in [6.07, 6.45) is 2.76. The summed E-state index contributed by atoms with van der Waals surface area (Å²) in [6, 6.07) is 12.4. The number of hydrogen-bond acceptors (Lipinski definition) is 5. The van der Waals surface area contributed by atoms with Gasteiger partial charge in [0.1, 0.15) is 0 Å². The molecular weight excluding hydrogens is 370 g/mol. The summed E-state index contributed by atoms with van der Waals surface area (Å²) in [5, 5.41) is 3.28. The van der Waals surface area contributed by atoms with Crippen LogP contribution in [0.5, 0.6) is 11.5 Å². The Kier molecular flexibility index (Phi) is 7.70. The zero-order chi connectivity index (χ0) is 19.6. The lowest BCUT2D eigenvalue weighted by Gasteiger charge is -2.09. The fraction of sp³-hybridized carbons (Fsp3) is 0.200. The van der Waals surface area contributed by atoms with Gasteiger partial charge in [0.05, 0.1) is 14.2 Å². The number of para-hydroxylation sites is 1. The summed E-state index contributed by atoms with van der Waals surface area (Å²) in [5.41, 5.74) is 1.55. The standard InChI is InChI=1S/C20H20ClNO5/c1-25-17-5-3-4-15(20(17)26-2)8-11-19(24)27-13-18(23)22-12-14-6-9-16(21)10-7-14/h3-11H,12-13H2,1-2H3,(H,22,23)/b11-8+. The Labute approximate surface area is 162 Å². The summed E-state index contributed by atoms with van der Waals surface area (Å²) in [7, 11) is 3.04. The molecule has 0 unspecified atom stereocenters. The Hall–Kier alpha value is -2.99. The van der Waals surface area contributed by atoms with Gasteiger partial charge in [-0.05, 0) is 29.8 Å². The van der Waals surface area contributed by atoms with Gasteiger partial charge in [-0.3, -0.25) is 4.79 Å². The maximum Gasteiger partial charge on any atom is 0.331 e. The fourth-order valence-corrected chi connectivity index (χ4v) is 2.37. The largest absolute Gasteiger partial charge is 0.493 e. The van der Waals surface area contributed by atoms with Gasteiger partial charge in [0.2, 0.25) is 0 Å². The van der Waals surface area contributed by atoms with Crippen molar-refractivity contribution in [2.45, 2.75) is 6.54 Å². The van der Waals surface area contributed by atoms with Crippen LogP contribution in [-0.4, -0.2) is 32.7 Å². The lowest BCUT2D eigenvalue weighted by molar-refractivity contribution is -0.143. The zero-order valence-corrected chi connectivity index (χ0v) is 15.8. The van der Waals surface area contributed by atoms with Gasteiger partial charge in [-0.1, -0.05) is 35.9 Å². The second-order valence-corrected chi connectivity index (χ2v) is 5.86. The minimum absolute atomic E-state index is 0.324. The molecule has 27 heavy (non-hydrogen) atoms. The van der Waals surface area contributed by atoms with E-state index < -0.39 is 11.9 Å². The van der Waals surface area contributed by atoms with Crippen molar-refractivity contribution < 1.29 is 23.8 Å². The number of amides is 1. The second kappa shape index (κ2) is 10.2. The van der Waals surface area contributed by atoms with Gasteiger partial charge in [0.25, 0.3) is 5.91 Å². The minimum Gasteiger partial charge on any atom is -0.493 e. The van der Waals surface area contributed by atoms with Crippen molar-refractivity contribution in [3.63, 3.8) is 0 Å². The molecule has 0 atom stereocenters. The molecule has 0 aliphatic carbocycles. The van der Waals surface area contributed by atoms with Crippen molar-refractivity contribution in [3.05, 3.63) is 64.7 Å². The third kappa shape index (κ3) is 6.34. The Morgan fingerprint density at radius 3 is 2.48 bits per heavy atom. The van der Waals surface area contributed by atoms with Crippen molar-refractivity contribution >= 4 is 29.6 Å². The Bertz CT molecular complexity index is 818. The van der Waals surface area contributed by atoms with Gasteiger partial charge < -0.3 is 19.5 Å². The molecule has 0 aliphatic rings. The lowest BCUT2D eigenvalue weighted by Crippen LogP contribution is -2.28. The number of methoxy groups -OCH3 is 2. The molecule has 0 saturated carbocycles. The third-order valence-electron chi connectivity index (χ3n) is 3.58. The van der Waals surface area contributed by atoms with E-state index in [1.807, 2.05) is 0 Å². The highest BCUT2D eigenvalue weighted by Gasteiger charge is 2.08. The highest BCUT2D eigenvalue weighted by Crippen LogP contribution is 2.31. The lowest BCUT2D eigenvalue weighted by atomic mass is 10.1. The van der Waals surface area contributed by atoms with Crippen LogP contribution in [-0.2, 0) is 20.9 Å². The summed E-state index contributed by atoms with van der Waals surface area (Å²) in [4.78, 5) is 23.6. The molecule has 2 rings (SSSR count). The number of rotatable bonds is 8. The first kappa shape index (κ1) is 20.3. The van der Waals surface area contributed by atoms with Crippen LogP contribution in [0.2, 0.25) is 5.02 Å². The molecule has 0 saturated heterocycles. The Morgan fingerprint density at radius 1 is 1.07 bits per heavy atom. The first-order valence-corrected chi connectivity index (χ1v) is 8.48.